The van der Waals surface area contributed by atoms with Crippen LogP contribution >= 0.6 is 0 Å². The molecule has 1 aromatic heterocycles. The van der Waals surface area contributed by atoms with Crippen LogP contribution in [0.4, 0.5) is 4.39 Å². The molecule has 25 heavy (non-hydrogen) atoms. The molecule has 1 aliphatic rings. The molecule has 0 saturated heterocycles. The number of ether oxygens (including phenoxy) is 1. The molecular weight excluding hydrogens is 327 g/mol. The average molecular weight is 346 g/mol. The second-order valence-corrected chi connectivity index (χ2v) is 6.43. The standard InChI is InChI=1S/C18H19FN2O4/c1-3-7-25-17(23)15-13(10-5-4-6-11(19)8-10)14-12(9-18(15,2)24)20-21-16(14)22/h3-6,8,13,15,24H,1,7,9H2,2H3,(H2,20,21,22)/t13-,15+,18-/m0/s1. The van der Waals surface area contributed by atoms with Crippen molar-refractivity contribution in [2.45, 2.75) is 24.9 Å². The molecule has 0 spiro atoms. The smallest absolute Gasteiger partial charge is 0.313 e. The number of carbonyl (C=O) groups is 1. The van der Waals surface area contributed by atoms with Crippen LogP contribution < -0.4 is 5.56 Å². The van der Waals surface area contributed by atoms with Crippen molar-refractivity contribution >= 4 is 5.97 Å². The second kappa shape index (κ2) is 6.33. The highest BCUT2D eigenvalue weighted by molar-refractivity contribution is 5.77. The van der Waals surface area contributed by atoms with Crippen LogP contribution in [0.1, 0.15) is 29.7 Å². The Bertz CT molecular complexity index is 868. The number of fused-ring (bicyclic) bond motifs is 1. The third-order valence-corrected chi connectivity index (χ3v) is 4.55. The number of aliphatic hydroxyl groups is 1. The van der Waals surface area contributed by atoms with Gasteiger partial charge in [-0.1, -0.05) is 24.8 Å². The van der Waals surface area contributed by atoms with Gasteiger partial charge in [0.05, 0.1) is 11.5 Å². The molecule has 0 fully saturated rings. The highest BCUT2D eigenvalue weighted by Gasteiger charge is 2.51. The van der Waals surface area contributed by atoms with Gasteiger partial charge < -0.3 is 14.9 Å². The summed E-state index contributed by atoms with van der Waals surface area (Å²) in [5.74, 6) is -3.04. The summed E-state index contributed by atoms with van der Waals surface area (Å²) >= 11 is 0. The van der Waals surface area contributed by atoms with Gasteiger partial charge >= 0.3 is 5.97 Å². The molecule has 0 saturated carbocycles. The predicted molar refractivity (Wildman–Crippen MR) is 88.6 cm³/mol. The molecule has 0 amide bonds. The zero-order valence-corrected chi connectivity index (χ0v) is 13.7. The largest absolute Gasteiger partial charge is 0.461 e. The first-order chi connectivity index (χ1) is 11.8. The second-order valence-electron chi connectivity index (χ2n) is 6.43. The molecule has 2 aromatic rings. The van der Waals surface area contributed by atoms with Crippen molar-refractivity contribution < 1.29 is 19.0 Å². The lowest BCUT2D eigenvalue weighted by Crippen LogP contribution is -2.50. The molecule has 1 aliphatic carbocycles. The van der Waals surface area contributed by atoms with Gasteiger partial charge in [-0.15, -0.1) is 0 Å². The monoisotopic (exact) mass is 346 g/mol. The number of benzene rings is 1. The van der Waals surface area contributed by atoms with Crippen LogP contribution in [0.25, 0.3) is 0 Å². The molecule has 3 N–H and O–H groups in total. The van der Waals surface area contributed by atoms with Crippen molar-refractivity contribution in [3.05, 3.63) is 69.9 Å². The van der Waals surface area contributed by atoms with Gasteiger partial charge in [0.2, 0.25) is 0 Å². The Hall–Kier alpha value is -2.67. The van der Waals surface area contributed by atoms with E-state index in [1.165, 1.54) is 31.2 Å². The van der Waals surface area contributed by atoms with Crippen molar-refractivity contribution in [1.82, 2.24) is 10.2 Å². The van der Waals surface area contributed by atoms with Crippen LogP contribution in [-0.2, 0) is 16.0 Å². The number of halogens is 1. The number of hydrogen-bond acceptors (Lipinski definition) is 4. The van der Waals surface area contributed by atoms with Gasteiger partial charge in [-0.05, 0) is 24.6 Å². The number of esters is 1. The van der Waals surface area contributed by atoms with Crippen LogP contribution in [0.15, 0.2) is 41.7 Å². The maximum absolute atomic E-state index is 13.8. The molecule has 132 valence electrons. The third kappa shape index (κ3) is 3.02. The van der Waals surface area contributed by atoms with E-state index in [0.29, 0.717) is 16.8 Å². The van der Waals surface area contributed by atoms with E-state index in [-0.39, 0.29) is 13.0 Å². The van der Waals surface area contributed by atoms with Gasteiger partial charge in [0.25, 0.3) is 5.56 Å². The fourth-order valence-corrected chi connectivity index (χ4v) is 3.55. The molecular formula is C18H19FN2O4. The Labute approximate surface area is 143 Å². The molecule has 6 nitrogen and oxygen atoms in total. The molecule has 0 aliphatic heterocycles. The fraction of sp³-hybridized carbons (Fsp3) is 0.333. The van der Waals surface area contributed by atoms with Crippen molar-refractivity contribution in [3.8, 4) is 0 Å². The van der Waals surface area contributed by atoms with E-state index in [1.54, 1.807) is 6.07 Å². The minimum absolute atomic E-state index is 0.0162. The number of H-pyrrole nitrogens is 2. The Morgan fingerprint density at radius 1 is 1.52 bits per heavy atom. The van der Waals surface area contributed by atoms with Gasteiger partial charge in [0.15, 0.2) is 0 Å². The molecule has 0 unspecified atom stereocenters. The van der Waals surface area contributed by atoms with E-state index in [2.05, 4.69) is 16.8 Å². The van der Waals surface area contributed by atoms with Crippen LogP contribution in [0.5, 0.6) is 0 Å². The number of aromatic amines is 2. The van der Waals surface area contributed by atoms with Gasteiger partial charge in [-0.25, -0.2) is 4.39 Å². The highest BCUT2D eigenvalue weighted by atomic mass is 19.1. The minimum Gasteiger partial charge on any atom is -0.461 e. The summed E-state index contributed by atoms with van der Waals surface area (Å²) in [6, 6.07) is 5.66. The van der Waals surface area contributed by atoms with E-state index < -0.39 is 34.8 Å². The summed E-state index contributed by atoms with van der Waals surface area (Å²) in [5.41, 5.74) is -0.643. The maximum Gasteiger partial charge on any atom is 0.313 e. The van der Waals surface area contributed by atoms with E-state index in [0.717, 1.165) is 0 Å². The third-order valence-electron chi connectivity index (χ3n) is 4.55. The SMILES string of the molecule is C=CCOC(=O)[C@H]1[C@@H](c2cccc(F)c2)c2c([nH][nH]c2=O)C[C@]1(C)O. The molecule has 1 aromatic carbocycles. The summed E-state index contributed by atoms with van der Waals surface area (Å²) in [5, 5.41) is 16.1. The maximum atomic E-state index is 13.8. The number of nitrogens with one attached hydrogen (secondary N) is 2. The van der Waals surface area contributed by atoms with Gasteiger partial charge in [-0.2, -0.15) is 0 Å². The lowest BCUT2D eigenvalue weighted by Gasteiger charge is -2.40. The lowest BCUT2D eigenvalue weighted by atomic mass is 9.66. The highest BCUT2D eigenvalue weighted by Crippen LogP contribution is 2.44. The first-order valence-electron chi connectivity index (χ1n) is 7.90. The summed E-state index contributed by atoms with van der Waals surface area (Å²) in [6.07, 6.45) is 1.49. The molecule has 3 rings (SSSR count). The number of hydrogen-bond donors (Lipinski definition) is 3. The molecule has 1 heterocycles. The predicted octanol–water partition coefficient (Wildman–Crippen LogP) is 1.63. The Morgan fingerprint density at radius 2 is 2.28 bits per heavy atom. The topological polar surface area (TPSA) is 95.2 Å². The van der Waals surface area contributed by atoms with Gasteiger partial charge in [0.1, 0.15) is 12.4 Å². The minimum atomic E-state index is -1.48. The fourth-order valence-electron chi connectivity index (χ4n) is 3.55. The van der Waals surface area contributed by atoms with E-state index in [4.69, 9.17) is 4.74 Å². The summed E-state index contributed by atoms with van der Waals surface area (Å²) in [4.78, 5) is 24.9. The zero-order chi connectivity index (χ0) is 18.2. The van der Waals surface area contributed by atoms with Crippen molar-refractivity contribution in [2.24, 2.45) is 5.92 Å². The van der Waals surface area contributed by atoms with Crippen molar-refractivity contribution in [2.75, 3.05) is 6.61 Å². The summed E-state index contributed by atoms with van der Waals surface area (Å²) < 4.78 is 18.9. The van der Waals surface area contributed by atoms with Crippen LogP contribution in [-0.4, -0.2) is 33.5 Å². The van der Waals surface area contributed by atoms with Crippen LogP contribution in [0.3, 0.4) is 0 Å². The normalized spacial score (nSPS) is 25.2. The number of rotatable bonds is 4. The van der Waals surface area contributed by atoms with E-state index in [1.807, 2.05) is 0 Å². The van der Waals surface area contributed by atoms with E-state index in [9.17, 15) is 19.1 Å². The Kier molecular flexibility index (Phi) is 4.34. The molecule has 0 bridgehead atoms. The first kappa shape index (κ1) is 17.2. The molecule has 7 heteroatoms. The zero-order valence-electron chi connectivity index (χ0n) is 13.7. The summed E-state index contributed by atoms with van der Waals surface area (Å²) in [6.45, 7) is 4.99. The van der Waals surface area contributed by atoms with Gasteiger partial charge in [-0.3, -0.25) is 14.7 Å². The Balaban J connectivity index is 2.18. The number of aromatic nitrogens is 2. The Morgan fingerprint density at radius 3 is 2.96 bits per heavy atom. The number of carbonyl (C=O) groups excluding carboxylic acids is 1. The van der Waals surface area contributed by atoms with Crippen LogP contribution in [0.2, 0.25) is 0 Å². The average Bonchev–Trinajstić information content (AvgIpc) is 2.90. The molecule has 0 radical (unpaired) electrons. The van der Waals surface area contributed by atoms with Crippen LogP contribution in [0, 0.1) is 11.7 Å². The van der Waals surface area contributed by atoms with Crippen molar-refractivity contribution in [3.63, 3.8) is 0 Å². The van der Waals surface area contributed by atoms with Crippen molar-refractivity contribution in [1.29, 1.82) is 0 Å². The summed E-state index contributed by atoms with van der Waals surface area (Å²) in [7, 11) is 0. The molecule has 3 atom stereocenters. The lowest BCUT2D eigenvalue weighted by molar-refractivity contribution is -0.158. The van der Waals surface area contributed by atoms with E-state index >= 15 is 0 Å². The quantitative estimate of drug-likeness (QED) is 0.579. The van der Waals surface area contributed by atoms with Gasteiger partial charge in [0, 0.05) is 23.6 Å². The first-order valence-corrected chi connectivity index (χ1v) is 7.90.